The number of likely N-dealkylation sites (tertiary alicyclic amines) is 1. The van der Waals surface area contributed by atoms with E-state index in [2.05, 4.69) is 43.4 Å². The molecule has 2 saturated heterocycles. The third kappa shape index (κ3) is 7.12. The van der Waals surface area contributed by atoms with Crippen LogP contribution in [-0.2, 0) is 11.3 Å². The van der Waals surface area contributed by atoms with Crippen LogP contribution >= 0.6 is 35.6 Å². The van der Waals surface area contributed by atoms with Gasteiger partial charge in [0, 0.05) is 82.6 Å². The van der Waals surface area contributed by atoms with Crippen LogP contribution in [0.2, 0.25) is 5.02 Å². The summed E-state index contributed by atoms with van der Waals surface area (Å²) < 4.78 is 0. The fraction of sp³-hybridized carbons (Fsp3) is 0.636. The maximum absolute atomic E-state index is 11.6. The second kappa shape index (κ2) is 12.7. The van der Waals surface area contributed by atoms with Gasteiger partial charge in [0.1, 0.15) is 0 Å². The van der Waals surface area contributed by atoms with Crippen LogP contribution in [0.3, 0.4) is 0 Å². The molecule has 0 aliphatic carbocycles. The average Bonchev–Trinajstić information content (AvgIpc) is 2.76. The number of anilines is 1. The van der Waals surface area contributed by atoms with Gasteiger partial charge in [0.25, 0.3) is 0 Å². The van der Waals surface area contributed by atoms with E-state index in [1.165, 1.54) is 5.69 Å². The van der Waals surface area contributed by atoms with Crippen LogP contribution in [0.25, 0.3) is 0 Å². The van der Waals surface area contributed by atoms with Crippen molar-refractivity contribution in [2.45, 2.75) is 25.8 Å². The highest BCUT2D eigenvalue weighted by Crippen LogP contribution is 2.28. The molecule has 2 aliphatic rings. The molecule has 31 heavy (non-hydrogen) atoms. The SMILES string of the molecule is CN=C(NCc1c(Cl)cccc1N1CCN(C)CC1)N1CCC(CC(=O)NC)CC1.I. The Labute approximate surface area is 208 Å². The van der Waals surface area contributed by atoms with Crippen LogP contribution in [-0.4, -0.2) is 82.1 Å². The zero-order valence-electron chi connectivity index (χ0n) is 18.9. The van der Waals surface area contributed by atoms with E-state index in [9.17, 15) is 4.79 Å². The molecule has 2 fully saturated rings. The number of guanidine groups is 1. The second-order valence-electron chi connectivity index (χ2n) is 8.24. The van der Waals surface area contributed by atoms with E-state index in [-0.39, 0.29) is 29.9 Å². The van der Waals surface area contributed by atoms with E-state index in [0.29, 0.717) is 18.9 Å². The number of piperidine rings is 1. The van der Waals surface area contributed by atoms with Crippen molar-refractivity contribution in [1.29, 1.82) is 0 Å². The zero-order chi connectivity index (χ0) is 21.5. The molecule has 0 radical (unpaired) electrons. The molecule has 2 aliphatic heterocycles. The van der Waals surface area contributed by atoms with Crippen molar-refractivity contribution in [2.24, 2.45) is 10.9 Å². The van der Waals surface area contributed by atoms with Gasteiger partial charge in [0.15, 0.2) is 5.96 Å². The lowest BCUT2D eigenvalue weighted by molar-refractivity contribution is -0.121. The molecule has 1 amide bonds. The maximum Gasteiger partial charge on any atom is 0.220 e. The molecule has 174 valence electrons. The first kappa shape index (κ1) is 26.0. The molecule has 0 atom stereocenters. The fourth-order valence-corrected chi connectivity index (χ4v) is 4.52. The minimum absolute atomic E-state index is 0. The molecule has 3 rings (SSSR count). The highest BCUT2D eigenvalue weighted by molar-refractivity contribution is 14.0. The van der Waals surface area contributed by atoms with E-state index < -0.39 is 0 Å². The number of benzene rings is 1. The average molecular weight is 563 g/mol. The molecule has 7 nitrogen and oxygen atoms in total. The number of amides is 1. The van der Waals surface area contributed by atoms with Crippen molar-refractivity contribution in [3.8, 4) is 0 Å². The van der Waals surface area contributed by atoms with Gasteiger partial charge in [-0.3, -0.25) is 9.79 Å². The number of carbonyl (C=O) groups excluding carboxylic acids is 1. The topological polar surface area (TPSA) is 63.2 Å². The number of carbonyl (C=O) groups is 1. The normalized spacial score (nSPS) is 18.5. The van der Waals surface area contributed by atoms with Gasteiger partial charge >= 0.3 is 0 Å². The minimum Gasteiger partial charge on any atom is -0.369 e. The predicted octanol–water partition coefficient (Wildman–Crippen LogP) is 2.63. The van der Waals surface area contributed by atoms with E-state index in [1.54, 1.807) is 7.05 Å². The van der Waals surface area contributed by atoms with E-state index >= 15 is 0 Å². The van der Waals surface area contributed by atoms with Crippen molar-refractivity contribution in [3.63, 3.8) is 0 Å². The van der Waals surface area contributed by atoms with Gasteiger partial charge in [0.05, 0.1) is 0 Å². The second-order valence-corrected chi connectivity index (χ2v) is 8.64. The van der Waals surface area contributed by atoms with Crippen LogP contribution in [0, 0.1) is 5.92 Å². The molecule has 0 spiro atoms. The molecule has 0 bridgehead atoms. The monoisotopic (exact) mass is 562 g/mol. The quantitative estimate of drug-likeness (QED) is 0.328. The number of likely N-dealkylation sites (N-methyl/N-ethyl adjacent to an activating group) is 1. The molecule has 0 saturated carbocycles. The molecular weight excluding hydrogens is 527 g/mol. The van der Waals surface area contributed by atoms with Gasteiger partial charge in [-0.25, -0.2) is 0 Å². The Morgan fingerprint density at radius 2 is 1.84 bits per heavy atom. The van der Waals surface area contributed by atoms with Crippen molar-refractivity contribution < 1.29 is 4.79 Å². The molecule has 0 aromatic heterocycles. The van der Waals surface area contributed by atoms with Crippen LogP contribution in [0.4, 0.5) is 5.69 Å². The molecule has 0 unspecified atom stereocenters. The number of rotatable bonds is 5. The lowest BCUT2D eigenvalue weighted by atomic mass is 9.93. The molecule has 2 N–H and O–H groups in total. The molecule has 9 heteroatoms. The minimum atomic E-state index is 0. The Bertz CT molecular complexity index is 746. The summed E-state index contributed by atoms with van der Waals surface area (Å²) in [5.41, 5.74) is 2.34. The lowest BCUT2D eigenvalue weighted by Crippen LogP contribution is -2.46. The summed E-state index contributed by atoms with van der Waals surface area (Å²) in [6.07, 6.45) is 2.63. The number of hydrogen-bond donors (Lipinski definition) is 2. The highest BCUT2D eigenvalue weighted by atomic mass is 127. The third-order valence-electron chi connectivity index (χ3n) is 6.24. The van der Waals surface area contributed by atoms with Gasteiger partial charge < -0.3 is 25.3 Å². The summed E-state index contributed by atoms with van der Waals surface area (Å²) in [5, 5.41) is 7.04. The lowest BCUT2D eigenvalue weighted by Gasteiger charge is -2.36. The number of halogens is 2. The smallest absolute Gasteiger partial charge is 0.220 e. The van der Waals surface area contributed by atoms with Crippen molar-refractivity contribution in [3.05, 3.63) is 28.8 Å². The molecule has 2 heterocycles. The number of nitrogens with one attached hydrogen (secondary N) is 2. The van der Waals surface area contributed by atoms with Crippen LogP contribution in [0.15, 0.2) is 23.2 Å². The van der Waals surface area contributed by atoms with Crippen molar-refractivity contribution in [1.82, 2.24) is 20.4 Å². The predicted molar refractivity (Wildman–Crippen MR) is 140 cm³/mol. The third-order valence-corrected chi connectivity index (χ3v) is 6.59. The Morgan fingerprint density at radius 1 is 1.16 bits per heavy atom. The summed E-state index contributed by atoms with van der Waals surface area (Å²) in [7, 11) is 5.70. The summed E-state index contributed by atoms with van der Waals surface area (Å²) in [6.45, 7) is 6.61. The fourth-order valence-electron chi connectivity index (χ4n) is 4.28. The first-order valence-corrected chi connectivity index (χ1v) is 11.3. The van der Waals surface area contributed by atoms with Crippen LogP contribution < -0.4 is 15.5 Å². The van der Waals surface area contributed by atoms with E-state index in [1.807, 2.05) is 19.2 Å². The van der Waals surface area contributed by atoms with Gasteiger partial charge in [0.2, 0.25) is 5.91 Å². The summed E-state index contributed by atoms with van der Waals surface area (Å²) >= 11 is 6.60. The summed E-state index contributed by atoms with van der Waals surface area (Å²) in [4.78, 5) is 23.2. The Morgan fingerprint density at radius 3 is 2.45 bits per heavy atom. The standard InChI is InChI=1S/C22H35ClN6O.HI/c1-24-21(30)15-17-7-9-29(10-8-17)22(25-2)26-16-18-19(23)5-4-6-20(18)28-13-11-27(3)12-14-28;/h4-6,17H,7-16H2,1-3H3,(H,24,30)(H,25,26);1H. The molecule has 1 aromatic rings. The van der Waals surface area contributed by atoms with Crippen LogP contribution in [0.1, 0.15) is 24.8 Å². The Balaban J connectivity index is 0.00000341. The van der Waals surface area contributed by atoms with E-state index in [0.717, 1.165) is 68.7 Å². The number of piperazine rings is 1. The number of hydrogen-bond acceptors (Lipinski definition) is 4. The summed E-state index contributed by atoms with van der Waals surface area (Å²) in [5.74, 6) is 1.48. The van der Waals surface area contributed by atoms with Gasteiger partial charge in [-0.05, 0) is 37.9 Å². The molecule has 1 aromatic carbocycles. The van der Waals surface area contributed by atoms with Crippen molar-refractivity contribution >= 4 is 53.1 Å². The highest BCUT2D eigenvalue weighted by Gasteiger charge is 2.24. The Kier molecular flexibility index (Phi) is 10.6. The maximum atomic E-state index is 11.6. The van der Waals surface area contributed by atoms with E-state index in [4.69, 9.17) is 11.6 Å². The number of nitrogens with zero attached hydrogens (tertiary/aromatic N) is 4. The molecular formula is C22H36ClIN6O. The first-order chi connectivity index (χ1) is 14.5. The van der Waals surface area contributed by atoms with Crippen molar-refractivity contribution in [2.75, 3.05) is 65.3 Å². The van der Waals surface area contributed by atoms with Gasteiger partial charge in [-0.15, -0.1) is 24.0 Å². The largest absolute Gasteiger partial charge is 0.369 e. The van der Waals surface area contributed by atoms with Gasteiger partial charge in [-0.2, -0.15) is 0 Å². The number of aliphatic imine (C=N–C) groups is 1. The summed E-state index contributed by atoms with van der Waals surface area (Å²) in [6, 6.07) is 6.16. The first-order valence-electron chi connectivity index (χ1n) is 10.9. The van der Waals surface area contributed by atoms with Crippen LogP contribution in [0.5, 0.6) is 0 Å². The van der Waals surface area contributed by atoms with Gasteiger partial charge in [-0.1, -0.05) is 17.7 Å². The zero-order valence-corrected chi connectivity index (χ0v) is 22.0. The Hall–Kier alpha value is -1.26.